The molecule has 0 aliphatic rings. The molecule has 88 valence electrons. The highest BCUT2D eigenvalue weighted by Crippen LogP contribution is 2.22. The quantitative estimate of drug-likeness (QED) is 0.881. The van der Waals surface area contributed by atoms with E-state index in [-0.39, 0.29) is 0 Å². The molecule has 3 nitrogen and oxygen atoms in total. The molecule has 2 aromatic rings. The zero-order chi connectivity index (χ0) is 12.1. The first kappa shape index (κ1) is 11.9. The predicted molar refractivity (Wildman–Crippen MR) is 72.0 cm³/mol. The summed E-state index contributed by atoms with van der Waals surface area (Å²) in [5.74, 6) is 0.771. The van der Waals surface area contributed by atoms with Crippen LogP contribution in [0.25, 0.3) is 0 Å². The van der Waals surface area contributed by atoms with Crippen molar-refractivity contribution < 1.29 is 4.74 Å². The van der Waals surface area contributed by atoms with Crippen molar-refractivity contribution in [2.45, 2.75) is 6.42 Å². The van der Waals surface area contributed by atoms with Crippen LogP contribution in [-0.4, -0.2) is 11.6 Å². The summed E-state index contributed by atoms with van der Waals surface area (Å²) in [5.41, 5.74) is 7.43. The van der Waals surface area contributed by atoms with Gasteiger partial charge in [-0.15, -0.1) is 0 Å². The second kappa shape index (κ2) is 5.68. The highest BCUT2D eigenvalue weighted by molar-refractivity contribution is 9.10. The van der Waals surface area contributed by atoms with Crippen molar-refractivity contribution in [3.8, 4) is 5.75 Å². The Bertz CT molecular complexity index is 468. The van der Waals surface area contributed by atoms with Crippen LogP contribution >= 0.6 is 15.9 Å². The molecular formula is C13H13BrN2O. The van der Waals surface area contributed by atoms with Crippen molar-refractivity contribution in [3.63, 3.8) is 0 Å². The van der Waals surface area contributed by atoms with Gasteiger partial charge in [-0.1, -0.05) is 22.0 Å². The van der Waals surface area contributed by atoms with Crippen LogP contribution < -0.4 is 10.5 Å². The van der Waals surface area contributed by atoms with E-state index < -0.39 is 0 Å². The molecule has 0 spiro atoms. The summed E-state index contributed by atoms with van der Waals surface area (Å²) in [7, 11) is 0. The molecule has 0 saturated heterocycles. The molecule has 0 atom stereocenters. The Labute approximate surface area is 109 Å². The van der Waals surface area contributed by atoms with Gasteiger partial charge < -0.3 is 10.5 Å². The van der Waals surface area contributed by atoms with E-state index in [1.807, 2.05) is 36.4 Å². The molecule has 1 aromatic heterocycles. The lowest BCUT2D eigenvalue weighted by molar-refractivity contribution is 0.320. The minimum atomic E-state index is 0.590. The Kier molecular flexibility index (Phi) is 3.98. The summed E-state index contributed by atoms with van der Waals surface area (Å²) in [6, 6.07) is 11.4. The summed E-state index contributed by atoms with van der Waals surface area (Å²) < 4.78 is 6.54. The Morgan fingerprint density at radius 3 is 2.82 bits per heavy atom. The van der Waals surface area contributed by atoms with E-state index in [9.17, 15) is 0 Å². The summed E-state index contributed by atoms with van der Waals surface area (Å²) in [4.78, 5) is 4.23. The molecule has 0 unspecified atom stereocenters. The van der Waals surface area contributed by atoms with Crippen LogP contribution in [0.3, 0.4) is 0 Å². The Hall–Kier alpha value is -1.55. The normalized spacial score (nSPS) is 10.2. The molecule has 0 aliphatic carbocycles. The molecule has 2 N–H and O–H groups in total. The van der Waals surface area contributed by atoms with Crippen molar-refractivity contribution in [1.29, 1.82) is 0 Å². The van der Waals surface area contributed by atoms with Crippen LogP contribution in [-0.2, 0) is 6.42 Å². The van der Waals surface area contributed by atoms with Gasteiger partial charge in [-0.3, -0.25) is 4.98 Å². The number of nitrogens with two attached hydrogens (primary N) is 1. The molecule has 0 amide bonds. The Morgan fingerprint density at radius 2 is 2.12 bits per heavy atom. The topological polar surface area (TPSA) is 48.1 Å². The van der Waals surface area contributed by atoms with Crippen LogP contribution in [0.2, 0.25) is 0 Å². The first-order chi connectivity index (χ1) is 8.24. The van der Waals surface area contributed by atoms with E-state index in [2.05, 4.69) is 20.9 Å². The zero-order valence-corrected chi connectivity index (χ0v) is 10.9. The average Bonchev–Trinajstić information content (AvgIpc) is 2.29. The van der Waals surface area contributed by atoms with Gasteiger partial charge >= 0.3 is 0 Å². The molecule has 2 rings (SSSR count). The fourth-order valence-electron chi connectivity index (χ4n) is 1.49. The number of aromatic nitrogens is 1. The highest BCUT2D eigenvalue weighted by Gasteiger charge is 1.99. The minimum Gasteiger partial charge on any atom is -0.493 e. The Morgan fingerprint density at radius 1 is 1.24 bits per heavy atom. The summed E-state index contributed by atoms with van der Waals surface area (Å²) >= 11 is 3.38. The second-order valence-corrected chi connectivity index (χ2v) is 4.56. The maximum absolute atomic E-state index is 5.72. The number of hydrogen-bond donors (Lipinski definition) is 1. The van der Waals surface area contributed by atoms with Gasteiger partial charge in [0, 0.05) is 34.5 Å². The lowest BCUT2D eigenvalue weighted by atomic mass is 10.3. The van der Waals surface area contributed by atoms with E-state index in [0.717, 1.165) is 22.3 Å². The van der Waals surface area contributed by atoms with E-state index in [4.69, 9.17) is 10.5 Å². The number of pyridine rings is 1. The van der Waals surface area contributed by atoms with Crippen molar-refractivity contribution >= 4 is 21.6 Å². The third-order valence-corrected chi connectivity index (χ3v) is 2.70. The molecular weight excluding hydrogens is 280 g/mol. The molecule has 0 saturated carbocycles. The van der Waals surface area contributed by atoms with Crippen molar-refractivity contribution in [3.05, 3.63) is 52.8 Å². The summed E-state index contributed by atoms with van der Waals surface area (Å²) in [6.45, 7) is 0.590. The van der Waals surface area contributed by atoms with Gasteiger partial charge in [-0.05, 0) is 24.3 Å². The van der Waals surface area contributed by atoms with E-state index in [0.29, 0.717) is 12.3 Å². The summed E-state index contributed by atoms with van der Waals surface area (Å²) in [5, 5.41) is 0. The number of hydrogen-bond acceptors (Lipinski definition) is 3. The highest BCUT2D eigenvalue weighted by atomic mass is 79.9. The number of ether oxygens (including phenoxy) is 1. The number of nitrogen functional groups attached to an aromatic ring is 1. The van der Waals surface area contributed by atoms with Gasteiger partial charge in [-0.25, -0.2) is 0 Å². The maximum Gasteiger partial charge on any atom is 0.122 e. The van der Waals surface area contributed by atoms with Crippen LogP contribution in [0, 0.1) is 0 Å². The average molecular weight is 293 g/mol. The molecule has 0 bridgehead atoms. The lowest BCUT2D eigenvalue weighted by Gasteiger charge is -2.07. The lowest BCUT2D eigenvalue weighted by Crippen LogP contribution is -2.03. The largest absolute Gasteiger partial charge is 0.493 e. The number of halogens is 1. The standard InChI is InChI=1S/C13H13BrN2O/c14-10-7-11(15)9-13(8-10)17-6-4-12-3-1-2-5-16-12/h1-3,5,7-9H,4,6,15H2. The molecule has 1 heterocycles. The van der Waals surface area contributed by atoms with Crippen molar-refractivity contribution in [2.24, 2.45) is 0 Å². The maximum atomic E-state index is 5.72. The molecule has 17 heavy (non-hydrogen) atoms. The third kappa shape index (κ3) is 3.75. The molecule has 0 radical (unpaired) electrons. The van der Waals surface area contributed by atoms with Gasteiger partial charge in [0.25, 0.3) is 0 Å². The molecule has 0 fully saturated rings. The van der Waals surface area contributed by atoms with Crippen LogP contribution in [0.4, 0.5) is 5.69 Å². The summed E-state index contributed by atoms with van der Waals surface area (Å²) in [6.07, 6.45) is 2.57. The fraction of sp³-hybridized carbons (Fsp3) is 0.154. The second-order valence-electron chi connectivity index (χ2n) is 3.64. The predicted octanol–water partition coefficient (Wildman–Crippen LogP) is 3.05. The Balaban J connectivity index is 1.90. The number of benzene rings is 1. The first-order valence-electron chi connectivity index (χ1n) is 5.33. The third-order valence-electron chi connectivity index (χ3n) is 2.25. The number of nitrogens with zero attached hydrogens (tertiary/aromatic N) is 1. The SMILES string of the molecule is Nc1cc(Br)cc(OCCc2ccccn2)c1. The molecule has 1 aromatic carbocycles. The van der Waals surface area contributed by atoms with Crippen LogP contribution in [0.15, 0.2) is 47.1 Å². The van der Waals surface area contributed by atoms with Crippen LogP contribution in [0.5, 0.6) is 5.75 Å². The minimum absolute atomic E-state index is 0.590. The monoisotopic (exact) mass is 292 g/mol. The van der Waals surface area contributed by atoms with Crippen LogP contribution in [0.1, 0.15) is 5.69 Å². The molecule has 0 aliphatic heterocycles. The molecule has 4 heteroatoms. The van der Waals surface area contributed by atoms with Crippen molar-refractivity contribution in [2.75, 3.05) is 12.3 Å². The smallest absolute Gasteiger partial charge is 0.122 e. The van der Waals surface area contributed by atoms with E-state index in [1.165, 1.54) is 0 Å². The number of rotatable bonds is 4. The fourth-order valence-corrected chi connectivity index (χ4v) is 1.98. The first-order valence-corrected chi connectivity index (χ1v) is 6.12. The van der Waals surface area contributed by atoms with E-state index >= 15 is 0 Å². The number of anilines is 1. The van der Waals surface area contributed by atoms with E-state index in [1.54, 1.807) is 6.20 Å². The van der Waals surface area contributed by atoms with Gasteiger partial charge in [-0.2, -0.15) is 0 Å². The zero-order valence-electron chi connectivity index (χ0n) is 9.27. The van der Waals surface area contributed by atoms with Crippen molar-refractivity contribution in [1.82, 2.24) is 4.98 Å². The van der Waals surface area contributed by atoms with Gasteiger partial charge in [0.15, 0.2) is 0 Å². The van der Waals surface area contributed by atoms with Gasteiger partial charge in [0.1, 0.15) is 5.75 Å². The van der Waals surface area contributed by atoms with Gasteiger partial charge in [0.2, 0.25) is 0 Å². The van der Waals surface area contributed by atoms with Gasteiger partial charge in [0.05, 0.1) is 6.61 Å².